The first kappa shape index (κ1) is 13.6. The fraction of sp³-hybridized carbons (Fsp3) is 0.267. The van der Waals surface area contributed by atoms with Gasteiger partial charge in [0.1, 0.15) is 0 Å². The summed E-state index contributed by atoms with van der Waals surface area (Å²) in [6, 6.07) is 9.77. The van der Waals surface area contributed by atoms with Gasteiger partial charge in [0.2, 0.25) is 0 Å². The summed E-state index contributed by atoms with van der Waals surface area (Å²) in [7, 11) is 1.93. The topological polar surface area (TPSA) is 40.5 Å². The van der Waals surface area contributed by atoms with Gasteiger partial charge in [0.25, 0.3) is 0 Å². The predicted octanol–water partition coefficient (Wildman–Crippen LogP) is 3.95. The fourth-order valence-electron chi connectivity index (χ4n) is 2.06. The first-order chi connectivity index (χ1) is 9.00. The molecule has 1 atom stereocenters. The maximum atomic E-state index is 11.4. The summed E-state index contributed by atoms with van der Waals surface area (Å²) in [5, 5.41) is 11.4. The van der Waals surface area contributed by atoms with E-state index in [1.807, 2.05) is 42.5 Å². The van der Waals surface area contributed by atoms with Crippen molar-refractivity contribution in [2.75, 3.05) is 11.9 Å². The summed E-state index contributed by atoms with van der Waals surface area (Å²) < 4.78 is 0. The molecule has 1 unspecified atom stereocenters. The molecule has 0 aliphatic rings. The number of hydrogen-bond donors (Lipinski definition) is 1. The lowest BCUT2D eigenvalue weighted by Gasteiger charge is -2.27. The Morgan fingerprint density at radius 2 is 2.11 bits per heavy atom. The highest BCUT2D eigenvalue weighted by molar-refractivity contribution is 7.10. The zero-order valence-electron chi connectivity index (χ0n) is 11.3. The van der Waals surface area contributed by atoms with Gasteiger partial charge in [-0.1, -0.05) is 17.7 Å². The number of carbonyl (C=O) groups is 1. The van der Waals surface area contributed by atoms with E-state index in [0.29, 0.717) is 5.56 Å². The van der Waals surface area contributed by atoms with Crippen LogP contribution >= 0.6 is 11.3 Å². The Balaban J connectivity index is 2.38. The van der Waals surface area contributed by atoms with Gasteiger partial charge in [-0.25, -0.2) is 4.79 Å². The number of nitrogens with zero attached hydrogens (tertiary/aromatic N) is 1. The molecule has 1 aromatic heterocycles. The van der Waals surface area contributed by atoms with Crippen LogP contribution in [0.2, 0.25) is 0 Å². The summed E-state index contributed by atoms with van der Waals surface area (Å²) >= 11 is 1.68. The van der Waals surface area contributed by atoms with Gasteiger partial charge < -0.3 is 10.0 Å². The van der Waals surface area contributed by atoms with Crippen molar-refractivity contribution in [3.8, 4) is 0 Å². The maximum Gasteiger partial charge on any atom is 0.337 e. The number of benzene rings is 1. The second-order valence-electron chi connectivity index (χ2n) is 4.63. The van der Waals surface area contributed by atoms with Gasteiger partial charge in [0, 0.05) is 11.9 Å². The molecular formula is C15H17NO2S. The quantitative estimate of drug-likeness (QED) is 0.918. The number of rotatable bonds is 4. The van der Waals surface area contributed by atoms with Crippen LogP contribution in [0.3, 0.4) is 0 Å². The van der Waals surface area contributed by atoms with E-state index in [-0.39, 0.29) is 6.04 Å². The fourth-order valence-corrected chi connectivity index (χ4v) is 2.88. The lowest BCUT2D eigenvalue weighted by atomic mass is 10.1. The molecule has 1 N–H and O–H groups in total. The van der Waals surface area contributed by atoms with E-state index in [4.69, 9.17) is 0 Å². The second kappa shape index (κ2) is 5.45. The highest BCUT2D eigenvalue weighted by atomic mass is 32.1. The monoisotopic (exact) mass is 275 g/mol. The van der Waals surface area contributed by atoms with Crippen molar-refractivity contribution in [2.24, 2.45) is 0 Å². The summed E-state index contributed by atoms with van der Waals surface area (Å²) in [6.07, 6.45) is 0. The van der Waals surface area contributed by atoms with E-state index in [0.717, 1.165) is 11.3 Å². The summed E-state index contributed by atoms with van der Waals surface area (Å²) in [6.45, 7) is 3.98. The molecule has 100 valence electrons. The Kier molecular flexibility index (Phi) is 3.90. The molecule has 0 bridgehead atoms. The van der Waals surface area contributed by atoms with Crippen molar-refractivity contribution in [3.63, 3.8) is 0 Å². The minimum Gasteiger partial charge on any atom is -0.478 e. The number of carboxylic acid groups (broad SMARTS) is 1. The van der Waals surface area contributed by atoms with E-state index in [1.54, 1.807) is 17.4 Å². The molecule has 0 saturated heterocycles. The molecule has 3 nitrogen and oxygen atoms in total. The van der Waals surface area contributed by atoms with Crippen LogP contribution in [-0.4, -0.2) is 18.1 Å². The molecule has 19 heavy (non-hydrogen) atoms. The molecule has 0 fully saturated rings. The van der Waals surface area contributed by atoms with E-state index in [2.05, 4.69) is 13.0 Å². The largest absolute Gasteiger partial charge is 0.478 e. The third-order valence-corrected chi connectivity index (χ3v) is 4.34. The molecular weight excluding hydrogens is 258 g/mol. The normalized spacial score (nSPS) is 12.2. The molecule has 0 saturated carbocycles. The lowest BCUT2D eigenvalue weighted by Crippen LogP contribution is -2.23. The van der Waals surface area contributed by atoms with Crippen molar-refractivity contribution >= 4 is 23.0 Å². The maximum absolute atomic E-state index is 11.4. The highest BCUT2D eigenvalue weighted by Gasteiger charge is 2.19. The molecule has 4 heteroatoms. The minimum absolute atomic E-state index is 0.154. The number of aryl methyl sites for hydroxylation is 1. The molecule has 1 aromatic carbocycles. The number of carboxylic acids is 1. The van der Waals surface area contributed by atoms with Crippen LogP contribution in [0.4, 0.5) is 5.69 Å². The summed E-state index contributed by atoms with van der Waals surface area (Å²) in [5.74, 6) is -0.885. The van der Waals surface area contributed by atoms with Crippen molar-refractivity contribution < 1.29 is 9.90 Å². The third kappa shape index (κ3) is 2.79. The van der Waals surface area contributed by atoms with Crippen molar-refractivity contribution in [3.05, 3.63) is 51.7 Å². The molecule has 2 aromatic rings. The number of thiophene rings is 1. The second-order valence-corrected chi connectivity index (χ2v) is 5.61. The van der Waals surface area contributed by atoms with Gasteiger partial charge in [0.15, 0.2) is 0 Å². The Labute approximate surface area is 117 Å². The van der Waals surface area contributed by atoms with Gasteiger partial charge in [-0.15, -0.1) is 11.3 Å². The van der Waals surface area contributed by atoms with Crippen LogP contribution in [0, 0.1) is 6.92 Å². The van der Waals surface area contributed by atoms with Gasteiger partial charge in [-0.2, -0.15) is 0 Å². The average molecular weight is 275 g/mol. The first-order valence-corrected chi connectivity index (χ1v) is 6.99. The lowest BCUT2D eigenvalue weighted by molar-refractivity contribution is 0.0697. The predicted molar refractivity (Wildman–Crippen MR) is 79.3 cm³/mol. The number of aromatic carboxylic acids is 1. The summed E-state index contributed by atoms with van der Waals surface area (Å²) in [4.78, 5) is 14.6. The number of hydrogen-bond acceptors (Lipinski definition) is 3. The average Bonchev–Trinajstić information content (AvgIpc) is 2.90. The van der Waals surface area contributed by atoms with Crippen LogP contribution in [0.15, 0.2) is 35.7 Å². The Morgan fingerprint density at radius 1 is 1.37 bits per heavy atom. The molecule has 0 amide bonds. The zero-order chi connectivity index (χ0) is 14.0. The highest BCUT2D eigenvalue weighted by Crippen LogP contribution is 2.30. The minimum atomic E-state index is -0.885. The standard InChI is InChI=1S/C15H17NO2S/c1-10-6-7-13(12(9-10)15(17)18)16(3)11(2)14-5-4-8-19-14/h4-9,11H,1-3H3,(H,17,18). The summed E-state index contributed by atoms with van der Waals surface area (Å²) in [5.41, 5.74) is 2.06. The molecule has 2 rings (SSSR count). The van der Waals surface area contributed by atoms with Crippen molar-refractivity contribution in [2.45, 2.75) is 19.9 Å². The van der Waals surface area contributed by atoms with Crippen LogP contribution in [0.25, 0.3) is 0 Å². The van der Waals surface area contributed by atoms with E-state index in [9.17, 15) is 9.90 Å². The molecule has 0 spiro atoms. The van der Waals surface area contributed by atoms with Crippen LogP contribution in [0.1, 0.15) is 33.8 Å². The third-order valence-electron chi connectivity index (χ3n) is 3.30. The molecule has 0 aliphatic carbocycles. The molecule has 1 heterocycles. The smallest absolute Gasteiger partial charge is 0.337 e. The van der Waals surface area contributed by atoms with Crippen molar-refractivity contribution in [1.82, 2.24) is 0 Å². The van der Waals surface area contributed by atoms with Crippen LogP contribution in [-0.2, 0) is 0 Å². The van der Waals surface area contributed by atoms with E-state index < -0.39 is 5.97 Å². The van der Waals surface area contributed by atoms with E-state index in [1.165, 1.54) is 4.88 Å². The van der Waals surface area contributed by atoms with Gasteiger partial charge in [0.05, 0.1) is 17.3 Å². The zero-order valence-corrected chi connectivity index (χ0v) is 12.1. The molecule has 0 radical (unpaired) electrons. The van der Waals surface area contributed by atoms with Crippen molar-refractivity contribution in [1.29, 1.82) is 0 Å². The van der Waals surface area contributed by atoms with Crippen LogP contribution in [0.5, 0.6) is 0 Å². The van der Waals surface area contributed by atoms with Gasteiger partial charge in [-0.05, 0) is 37.4 Å². The molecule has 0 aliphatic heterocycles. The SMILES string of the molecule is Cc1ccc(N(C)C(C)c2cccs2)c(C(=O)O)c1. The Bertz CT molecular complexity index is 578. The first-order valence-electron chi connectivity index (χ1n) is 6.11. The van der Waals surface area contributed by atoms with E-state index >= 15 is 0 Å². The van der Waals surface area contributed by atoms with Gasteiger partial charge >= 0.3 is 5.97 Å². The Hall–Kier alpha value is -1.81. The van der Waals surface area contributed by atoms with Crippen LogP contribution < -0.4 is 4.90 Å². The number of anilines is 1. The van der Waals surface area contributed by atoms with Gasteiger partial charge in [-0.3, -0.25) is 0 Å². The Morgan fingerprint density at radius 3 is 2.68 bits per heavy atom.